The Kier molecular flexibility index (Phi) is 5.52. The van der Waals surface area contributed by atoms with Gasteiger partial charge in [0.15, 0.2) is 6.10 Å². The first-order chi connectivity index (χ1) is 7.50. The number of aliphatic carboxylic acids is 1. The van der Waals surface area contributed by atoms with Gasteiger partial charge in [0.2, 0.25) is 5.78 Å². The zero-order valence-electron chi connectivity index (χ0n) is 8.15. The highest BCUT2D eigenvalue weighted by atomic mass is 31.2. The maximum absolute atomic E-state index is 11.0. The second-order valence-corrected chi connectivity index (χ2v) is 4.83. The summed E-state index contributed by atoms with van der Waals surface area (Å²) >= 11 is 0. The van der Waals surface area contributed by atoms with E-state index < -0.39 is 43.9 Å². The zero-order valence-corrected chi connectivity index (χ0v) is 9.05. The molecular formula is C6H12O10P+. The van der Waals surface area contributed by atoms with Crippen molar-refractivity contribution in [3.05, 3.63) is 0 Å². The number of hydrogen-bond acceptors (Lipinski definition) is 9. The molecule has 0 aromatic rings. The van der Waals surface area contributed by atoms with Crippen molar-refractivity contribution in [3.63, 3.8) is 0 Å². The van der Waals surface area contributed by atoms with Gasteiger partial charge in [-0.1, -0.05) is 0 Å². The molecule has 0 fully saturated rings. The van der Waals surface area contributed by atoms with Crippen molar-refractivity contribution in [2.24, 2.45) is 0 Å². The van der Waals surface area contributed by atoms with Gasteiger partial charge in [-0.05, 0) is 0 Å². The van der Waals surface area contributed by atoms with Crippen LogP contribution in [-0.2, 0) is 9.59 Å². The average Bonchev–Trinajstić information content (AvgIpc) is 2.22. The fraction of sp³-hybridized carbons (Fsp3) is 0.667. The minimum atomic E-state index is -5.00. The van der Waals surface area contributed by atoms with Crippen molar-refractivity contribution in [2.45, 2.75) is 24.2 Å². The fourth-order valence-corrected chi connectivity index (χ4v) is 1.30. The van der Waals surface area contributed by atoms with Crippen molar-refractivity contribution in [1.82, 2.24) is 0 Å². The standard InChI is InChI=1S/C6H11O10P/c7-1(3(9)5(11)12)2(8)4(10)6(13)17(14,15)16/h1-3,6-9,13-16H/p+1/t1-,2-,3+,6?/m0/s1. The Balaban J connectivity index is 4.77. The van der Waals surface area contributed by atoms with E-state index in [9.17, 15) is 9.59 Å². The van der Waals surface area contributed by atoms with Crippen molar-refractivity contribution in [1.29, 1.82) is 0 Å². The Bertz CT molecular complexity index is 298. The molecule has 8 N–H and O–H groups in total. The topological polar surface area (TPSA) is 196 Å². The minimum absolute atomic E-state index is 1.83. The number of Topliss-reactive ketones (excluding diaryl/α,β-unsaturated/α-hetero) is 1. The molecule has 0 saturated carbocycles. The summed E-state index contributed by atoms with van der Waals surface area (Å²) in [6.45, 7) is 0. The lowest BCUT2D eigenvalue weighted by Gasteiger charge is -2.20. The number of hydrogen-bond donors (Lipinski definition) is 8. The van der Waals surface area contributed by atoms with Gasteiger partial charge in [-0.2, -0.15) is 14.7 Å². The molecule has 0 aliphatic carbocycles. The molecule has 17 heavy (non-hydrogen) atoms. The SMILES string of the molecule is O=C(C(O)[P+](O)(O)O)[C@@H](O)[C@H](O)[C@@H](O)C(=O)O. The third kappa shape index (κ3) is 4.22. The molecular weight excluding hydrogens is 263 g/mol. The average molecular weight is 275 g/mol. The van der Waals surface area contributed by atoms with E-state index in [1.165, 1.54) is 0 Å². The predicted molar refractivity (Wildman–Crippen MR) is 50.2 cm³/mol. The van der Waals surface area contributed by atoms with E-state index in [0.29, 0.717) is 0 Å². The van der Waals surface area contributed by atoms with Crippen molar-refractivity contribution in [2.75, 3.05) is 0 Å². The third-order valence-electron chi connectivity index (χ3n) is 1.77. The molecule has 0 rings (SSSR count). The highest BCUT2D eigenvalue weighted by molar-refractivity contribution is 7.60. The summed E-state index contributed by atoms with van der Waals surface area (Å²) in [7, 11) is -5.00. The Hall–Kier alpha value is -0.710. The van der Waals surface area contributed by atoms with Crippen LogP contribution in [0.4, 0.5) is 0 Å². The number of carboxylic acid groups (broad SMARTS) is 1. The van der Waals surface area contributed by atoms with Gasteiger partial charge in [-0.25, -0.2) is 4.79 Å². The molecule has 0 amide bonds. The van der Waals surface area contributed by atoms with Gasteiger partial charge in [0.25, 0.3) is 0 Å². The molecule has 0 spiro atoms. The van der Waals surface area contributed by atoms with E-state index >= 15 is 0 Å². The normalized spacial score (nSPS) is 19.2. The predicted octanol–water partition coefficient (Wildman–Crippen LogP) is -4.22. The van der Waals surface area contributed by atoms with Crippen LogP contribution in [0.25, 0.3) is 0 Å². The molecule has 1 unspecified atom stereocenters. The summed E-state index contributed by atoms with van der Waals surface area (Å²) in [5.74, 6) is -6.58. The number of ketones is 1. The van der Waals surface area contributed by atoms with Gasteiger partial charge in [0.05, 0.1) is 0 Å². The first-order valence-electron chi connectivity index (χ1n) is 4.06. The second-order valence-electron chi connectivity index (χ2n) is 3.11. The highest BCUT2D eigenvalue weighted by Crippen LogP contribution is 2.49. The number of aliphatic hydroxyl groups excluding tert-OH is 4. The molecule has 4 atom stereocenters. The summed E-state index contributed by atoms with van der Waals surface area (Å²) in [4.78, 5) is 46.8. The van der Waals surface area contributed by atoms with E-state index in [2.05, 4.69) is 0 Å². The molecule has 100 valence electrons. The van der Waals surface area contributed by atoms with E-state index in [4.69, 9.17) is 40.2 Å². The van der Waals surface area contributed by atoms with Crippen LogP contribution in [0.3, 0.4) is 0 Å². The van der Waals surface area contributed by atoms with Gasteiger partial charge < -0.3 is 25.5 Å². The van der Waals surface area contributed by atoms with Crippen molar-refractivity contribution < 1.29 is 49.8 Å². The first-order valence-corrected chi connectivity index (χ1v) is 5.77. The van der Waals surface area contributed by atoms with Crippen LogP contribution in [0.5, 0.6) is 0 Å². The van der Waals surface area contributed by atoms with Crippen molar-refractivity contribution in [3.8, 4) is 0 Å². The monoisotopic (exact) mass is 275 g/mol. The Morgan fingerprint density at radius 3 is 1.59 bits per heavy atom. The minimum Gasteiger partial charge on any atom is -0.479 e. The van der Waals surface area contributed by atoms with Crippen molar-refractivity contribution >= 4 is 19.7 Å². The van der Waals surface area contributed by atoms with E-state index in [1.807, 2.05) is 0 Å². The molecule has 0 radical (unpaired) electrons. The number of carboxylic acids is 1. The molecule has 0 heterocycles. The summed E-state index contributed by atoms with van der Waals surface area (Å²) in [5.41, 5.74) is 0. The number of rotatable bonds is 6. The highest BCUT2D eigenvalue weighted by Gasteiger charge is 2.51. The van der Waals surface area contributed by atoms with Crippen LogP contribution in [0.1, 0.15) is 0 Å². The van der Waals surface area contributed by atoms with Gasteiger partial charge in [0.1, 0.15) is 12.2 Å². The lowest BCUT2D eigenvalue weighted by molar-refractivity contribution is -0.161. The van der Waals surface area contributed by atoms with Crippen LogP contribution < -0.4 is 0 Å². The molecule has 10 nitrogen and oxygen atoms in total. The van der Waals surface area contributed by atoms with E-state index in [1.54, 1.807) is 0 Å². The van der Waals surface area contributed by atoms with E-state index in [0.717, 1.165) is 0 Å². The first kappa shape index (κ1) is 16.3. The summed E-state index contributed by atoms with van der Waals surface area (Å²) in [6.07, 6.45) is -7.63. The second kappa shape index (κ2) is 5.76. The molecule has 0 aliphatic heterocycles. The molecule has 0 saturated heterocycles. The van der Waals surface area contributed by atoms with E-state index in [-0.39, 0.29) is 0 Å². The summed E-state index contributed by atoms with van der Waals surface area (Å²) < 4.78 is 0. The zero-order chi connectivity index (χ0) is 14.0. The number of carbonyl (C=O) groups excluding carboxylic acids is 1. The van der Waals surface area contributed by atoms with Gasteiger partial charge in [0, 0.05) is 0 Å². The molecule has 11 heteroatoms. The van der Waals surface area contributed by atoms with Crippen LogP contribution in [0.15, 0.2) is 0 Å². The third-order valence-corrected chi connectivity index (χ3v) is 2.68. The van der Waals surface area contributed by atoms with Gasteiger partial charge in [-0.15, -0.1) is 0 Å². The fourth-order valence-electron chi connectivity index (χ4n) is 0.810. The lowest BCUT2D eigenvalue weighted by Crippen LogP contribution is -2.49. The number of aliphatic hydroxyl groups is 4. The van der Waals surface area contributed by atoms with Crippen LogP contribution >= 0.6 is 7.94 Å². The van der Waals surface area contributed by atoms with Crippen LogP contribution in [0, 0.1) is 0 Å². The Morgan fingerprint density at radius 2 is 1.29 bits per heavy atom. The smallest absolute Gasteiger partial charge is 0.443 e. The molecule has 0 aliphatic rings. The Morgan fingerprint density at radius 1 is 0.882 bits per heavy atom. The molecule has 0 aromatic heterocycles. The number of carbonyl (C=O) groups is 2. The maximum Gasteiger partial charge on any atom is 0.443 e. The molecule has 0 aromatic carbocycles. The van der Waals surface area contributed by atoms with Gasteiger partial charge in [-0.3, -0.25) is 4.79 Å². The maximum atomic E-state index is 11.0. The van der Waals surface area contributed by atoms with Crippen LogP contribution in [-0.4, -0.2) is 76.1 Å². The summed E-state index contributed by atoms with van der Waals surface area (Å²) in [6, 6.07) is 0. The van der Waals surface area contributed by atoms with Crippen LogP contribution in [0.2, 0.25) is 0 Å². The molecule has 0 bridgehead atoms. The summed E-state index contributed by atoms with van der Waals surface area (Å²) in [5, 5.41) is 43.9. The quantitative estimate of drug-likeness (QED) is 0.220. The lowest BCUT2D eigenvalue weighted by atomic mass is 10.0. The Labute approximate surface area is 94.6 Å². The largest absolute Gasteiger partial charge is 0.479 e. The van der Waals surface area contributed by atoms with Gasteiger partial charge >= 0.3 is 19.8 Å².